The summed E-state index contributed by atoms with van der Waals surface area (Å²) in [6, 6.07) is 25.9. The Bertz CT molecular complexity index is 1500. The third-order valence-corrected chi connectivity index (χ3v) is 6.97. The van der Waals surface area contributed by atoms with Gasteiger partial charge in [-0.15, -0.1) is 0 Å². The van der Waals surface area contributed by atoms with Crippen molar-refractivity contribution in [2.75, 3.05) is 10.8 Å². The lowest BCUT2D eigenvalue weighted by atomic mass is 10.1. The van der Waals surface area contributed by atoms with Gasteiger partial charge in [-0.3, -0.25) is 19.2 Å². The Labute approximate surface area is 201 Å². The number of benzene rings is 4. The first-order valence-corrected chi connectivity index (χ1v) is 11.9. The number of rotatable bonds is 8. The second-order valence-electron chi connectivity index (χ2n) is 7.46. The van der Waals surface area contributed by atoms with Crippen LogP contribution in [0.5, 0.6) is 0 Å². The van der Waals surface area contributed by atoms with Gasteiger partial charge < -0.3 is 0 Å². The molecule has 0 radical (unpaired) electrons. The number of nitrogens with zero attached hydrogens (tertiary/aromatic N) is 3. The van der Waals surface area contributed by atoms with E-state index in [1.807, 2.05) is 42.5 Å². The fraction of sp³-hybridized carbons (Fsp3) is 0.0400. The standard InChI is InChI=1S/C25H20N4O5S/c30-25(27-26-17-20-9-6-8-19-7-4-5-12-24(19)20)18-28(21-13-15-22(16-14-21)29(31)32)35(33,34)23-10-2-1-3-11-23/h1-17H,18H2,(H,27,30)/b26-17-. The van der Waals surface area contributed by atoms with E-state index in [9.17, 15) is 23.3 Å². The molecule has 9 nitrogen and oxygen atoms in total. The van der Waals surface area contributed by atoms with Crippen molar-refractivity contribution in [3.05, 3.63) is 113 Å². The number of hydrogen-bond donors (Lipinski definition) is 1. The summed E-state index contributed by atoms with van der Waals surface area (Å²) in [6.45, 7) is -0.581. The fourth-order valence-corrected chi connectivity index (χ4v) is 4.92. The third kappa shape index (κ3) is 5.33. The van der Waals surface area contributed by atoms with E-state index in [1.165, 1.54) is 42.6 Å². The molecule has 0 fully saturated rings. The molecule has 0 atom stereocenters. The highest BCUT2D eigenvalue weighted by Crippen LogP contribution is 2.25. The molecule has 1 amide bonds. The van der Waals surface area contributed by atoms with Gasteiger partial charge in [0.2, 0.25) is 0 Å². The average molecular weight is 489 g/mol. The summed E-state index contributed by atoms with van der Waals surface area (Å²) in [7, 11) is -4.14. The van der Waals surface area contributed by atoms with E-state index in [-0.39, 0.29) is 16.3 Å². The molecule has 10 heteroatoms. The zero-order chi connectivity index (χ0) is 24.8. The quantitative estimate of drug-likeness (QED) is 0.227. The van der Waals surface area contributed by atoms with Crippen LogP contribution in [0, 0.1) is 10.1 Å². The number of hydrazone groups is 1. The monoisotopic (exact) mass is 488 g/mol. The Morgan fingerprint density at radius 1 is 0.914 bits per heavy atom. The van der Waals surface area contributed by atoms with Crippen molar-refractivity contribution >= 4 is 44.3 Å². The van der Waals surface area contributed by atoms with Gasteiger partial charge in [-0.1, -0.05) is 60.7 Å². The number of nitro benzene ring substituents is 1. The number of non-ortho nitro benzene ring substituents is 1. The second kappa shape index (κ2) is 10.1. The van der Waals surface area contributed by atoms with E-state index >= 15 is 0 Å². The number of carbonyl (C=O) groups is 1. The van der Waals surface area contributed by atoms with Gasteiger partial charge in [0, 0.05) is 17.7 Å². The third-order valence-electron chi connectivity index (χ3n) is 5.18. The molecule has 176 valence electrons. The van der Waals surface area contributed by atoms with Crippen LogP contribution in [0.15, 0.2) is 107 Å². The zero-order valence-corrected chi connectivity index (χ0v) is 19.1. The molecule has 0 aliphatic rings. The molecule has 0 bridgehead atoms. The molecule has 1 N–H and O–H groups in total. The highest BCUT2D eigenvalue weighted by atomic mass is 32.2. The highest BCUT2D eigenvalue weighted by molar-refractivity contribution is 7.92. The van der Waals surface area contributed by atoms with Gasteiger partial charge in [-0.25, -0.2) is 13.8 Å². The molecule has 0 saturated carbocycles. The maximum absolute atomic E-state index is 13.3. The minimum Gasteiger partial charge on any atom is -0.271 e. The molecule has 0 aliphatic carbocycles. The Balaban J connectivity index is 1.58. The summed E-state index contributed by atoms with van der Waals surface area (Å²) in [5.74, 6) is -0.681. The lowest BCUT2D eigenvalue weighted by Crippen LogP contribution is -2.39. The van der Waals surface area contributed by atoms with Crippen molar-refractivity contribution in [1.29, 1.82) is 0 Å². The minimum atomic E-state index is -4.14. The van der Waals surface area contributed by atoms with Crippen molar-refractivity contribution in [3.8, 4) is 0 Å². The van der Waals surface area contributed by atoms with Crippen LogP contribution in [0.2, 0.25) is 0 Å². The average Bonchev–Trinajstić information content (AvgIpc) is 2.88. The lowest BCUT2D eigenvalue weighted by Gasteiger charge is -2.23. The number of nitro groups is 1. The van der Waals surface area contributed by atoms with Crippen molar-refractivity contribution < 1.29 is 18.1 Å². The van der Waals surface area contributed by atoms with Gasteiger partial charge in [-0.2, -0.15) is 5.10 Å². The molecule has 35 heavy (non-hydrogen) atoms. The van der Waals surface area contributed by atoms with E-state index in [1.54, 1.807) is 18.2 Å². The first kappa shape index (κ1) is 23.6. The largest absolute Gasteiger partial charge is 0.271 e. The molecule has 0 aromatic heterocycles. The van der Waals surface area contributed by atoms with Crippen LogP contribution in [0.1, 0.15) is 5.56 Å². The smallest absolute Gasteiger partial charge is 0.269 e. The van der Waals surface area contributed by atoms with Gasteiger partial charge >= 0.3 is 0 Å². The summed E-state index contributed by atoms with van der Waals surface area (Å²) in [4.78, 5) is 23.1. The number of hydrogen-bond acceptors (Lipinski definition) is 6. The van der Waals surface area contributed by atoms with Crippen molar-refractivity contribution in [2.24, 2.45) is 5.10 Å². The molecule has 0 aliphatic heterocycles. The van der Waals surface area contributed by atoms with E-state index in [2.05, 4.69) is 10.5 Å². The van der Waals surface area contributed by atoms with E-state index in [0.29, 0.717) is 0 Å². The normalized spacial score (nSPS) is 11.4. The molecule has 4 aromatic rings. The molecule has 0 heterocycles. The predicted molar refractivity (Wildman–Crippen MR) is 134 cm³/mol. The highest BCUT2D eigenvalue weighted by Gasteiger charge is 2.27. The number of fused-ring (bicyclic) bond motifs is 1. The first-order valence-electron chi connectivity index (χ1n) is 10.5. The van der Waals surface area contributed by atoms with Crippen LogP contribution in [-0.2, 0) is 14.8 Å². The van der Waals surface area contributed by atoms with Gasteiger partial charge in [0.05, 0.1) is 21.7 Å². The Kier molecular flexibility index (Phi) is 6.83. The van der Waals surface area contributed by atoms with Crippen molar-refractivity contribution in [1.82, 2.24) is 5.43 Å². The Morgan fingerprint density at radius 2 is 1.57 bits per heavy atom. The Hall–Kier alpha value is -4.57. The summed E-state index contributed by atoms with van der Waals surface area (Å²) < 4.78 is 27.5. The van der Waals surface area contributed by atoms with Crippen molar-refractivity contribution in [3.63, 3.8) is 0 Å². The molecule has 0 saturated heterocycles. The number of amides is 1. The van der Waals surface area contributed by atoms with Gasteiger partial charge in [-0.05, 0) is 35.0 Å². The summed E-state index contributed by atoms with van der Waals surface area (Å²) >= 11 is 0. The number of nitrogens with one attached hydrogen (secondary N) is 1. The number of anilines is 1. The molecular formula is C25H20N4O5S. The summed E-state index contributed by atoms with van der Waals surface area (Å²) in [5.41, 5.74) is 3.06. The zero-order valence-electron chi connectivity index (χ0n) is 18.3. The van der Waals surface area contributed by atoms with Crippen LogP contribution >= 0.6 is 0 Å². The first-order chi connectivity index (χ1) is 16.9. The number of sulfonamides is 1. The Morgan fingerprint density at radius 3 is 2.29 bits per heavy atom. The summed E-state index contributed by atoms with van der Waals surface area (Å²) in [6.07, 6.45) is 1.49. The van der Waals surface area contributed by atoms with Crippen LogP contribution in [0.3, 0.4) is 0 Å². The lowest BCUT2D eigenvalue weighted by molar-refractivity contribution is -0.384. The van der Waals surface area contributed by atoms with Gasteiger partial charge in [0.1, 0.15) is 6.54 Å². The van der Waals surface area contributed by atoms with Crippen LogP contribution in [-0.4, -0.2) is 32.0 Å². The SMILES string of the molecule is O=C(CN(c1ccc([N+](=O)[O-])cc1)S(=O)(=O)c1ccccc1)N/N=C\c1cccc2ccccc12. The van der Waals surface area contributed by atoms with E-state index in [4.69, 9.17) is 0 Å². The number of carbonyl (C=O) groups excluding carboxylic acids is 1. The molecule has 0 unspecified atom stereocenters. The fourth-order valence-electron chi connectivity index (χ4n) is 3.48. The van der Waals surface area contributed by atoms with Gasteiger partial charge in [0.15, 0.2) is 0 Å². The molecule has 0 spiro atoms. The van der Waals surface area contributed by atoms with E-state index < -0.39 is 27.4 Å². The summed E-state index contributed by atoms with van der Waals surface area (Å²) in [5, 5.41) is 17.0. The van der Waals surface area contributed by atoms with Crippen LogP contribution in [0.4, 0.5) is 11.4 Å². The predicted octanol–water partition coefficient (Wildman–Crippen LogP) is 4.09. The molecular weight excluding hydrogens is 468 g/mol. The topological polar surface area (TPSA) is 122 Å². The van der Waals surface area contributed by atoms with E-state index in [0.717, 1.165) is 20.6 Å². The van der Waals surface area contributed by atoms with Gasteiger partial charge in [0.25, 0.3) is 21.6 Å². The maximum atomic E-state index is 13.3. The second-order valence-corrected chi connectivity index (χ2v) is 9.32. The minimum absolute atomic E-state index is 0.0228. The van der Waals surface area contributed by atoms with Crippen LogP contribution < -0.4 is 9.73 Å². The molecule has 4 aromatic carbocycles. The van der Waals surface area contributed by atoms with Crippen molar-refractivity contribution in [2.45, 2.75) is 4.90 Å². The maximum Gasteiger partial charge on any atom is 0.269 e. The van der Waals surface area contributed by atoms with Crippen LogP contribution in [0.25, 0.3) is 10.8 Å². The molecule has 4 rings (SSSR count).